The summed E-state index contributed by atoms with van der Waals surface area (Å²) in [5.41, 5.74) is -0.707. The van der Waals surface area contributed by atoms with Gasteiger partial charge in [-0.3, -0.25) is 9.59 Å². The van der Waals surface area contributed by atoms with E-state index in [0.29, 0.717) is 25.2 Å². The van der Waals surface area contributed by atoms with E-state index in [1.807, 2.05) is 0 Å². The first-order chi connectivity index (χ1) is 8.62. The van der Waals surface area contributed by atoms with Gasteiger partial charge < -0.3 is 10.4 Å². The summed E-state index contributed by atoms with van der Waals surface area (Å²) >= 11 is 0. The van der Waals surface area contributed by atoms with E-state index in [2.05, 4.69) is 17.5 Å². The lowest BCUT2D eigenvalue weighted by Crippen LogP contribution is -2.41. The number of carbonyl (C=O) groups is 2. The molecule has 2 rings (SSSR count). The fourth-order valence-corrected chi connectivity index (χ4v) is 2.96. The molecule has 18 heavy (non-hydrogen) atoms. The van der Waals surface area contributed by atoms with Gasteiger partial charge in [-0.1, -0.05) is 25.0 Å². The third-order valence-electron chi connectivity index (χ3n) is 4.20. The fraction of sp³-hybridized carbons (Fsp3) is 0.714. The van der Waals surface area contributed by atoms with Gasteiger partial charge in [0.2, 0.25) is 5.91 Å². The molecule has 0 heterocycles. The first-order valence-corrected chi connectivity index (χ1v) is 6.79. The zero-order chi connectivity index (χ0) is 13.0. The van der Waals surface area contributed by atoms with Crippen molar-refractivity contribution in [1.82, 2.24) is 5.32 Å². The molecule has 0 aromatic rings. The van der Waals surface area contributed by atoms with Gasteiger partial charge in [0, 0.05) is 13.0 Å². The average Bonchev–Trinajstić information content (AvgIpc) is 2.97. The van der Waals surface area contributed by atoms with E-state index in [0.717, 1.165) is 25.7 Å². The number of rotatable bonds is 5. The monoisotopic (exact) mass is 251 g/mol. The van der Waals surface area contributed by atoms with Crippen molar-refractivity contribution < 1.29 is 14.7 Å². The van der Waals surface area contributed by atoms with Gasteiger partial charge in [0.15, 0.2) is 0 Å². The summed E-state index contributed by atoms with van der Waals surface area (Å²) < 4.78 is 0. The zero-order valence-electron chi connectivity index (χ0n) is 10.7. The first kappa shape index (κ1) is 13.1. The Morgan fingerprint density at radius 3 is 2.61 bits per heavy atom. The highest BCUT2D eigenvalue weighted by molar-refractivity contribution is 5.79. The molecule has 1 fully saturated rings. The number of carboxylic acids is 1. The Kier molecular flexibility index (Phi) is 4.04. The van der Waals surface area contributed by atoms with Gasteiger partial charge in [0.05, 0.1) is 5.41 Å². The average molecular weight is 251 g/mol. The van der Waals surface area contributed by atoms with Crippen molar-refractivity contribution in [3.63, 3.8) is 0 Å². The third kappa shape index (κ3) is 2.92. The Bertz CT molecular complexity index is 356. The Labute approximate surface area is 107 Å². The highest BCUT2D eigenvalue weighted by atomic mass is 16.4. The summed E-state index contributed by atoms with van der Waals surface area (Å²) in [5.74, 6) is -0.436. The van der Waals surface area contributed by atoms with Crippen molar-refractivity contribution in [3.05, 3.63) is 12.2 Å². The lowest BCUT2D eigenvalue weighted by molar-refractivity contribution is -0.148. The summed E-state index contributed by atoms with van der Waals surface area (Å²) in [7, 11) is 0. The van der Waals surface area contributed by atoms with E-state index >= 15 is 0 Å². The van der Waals surface area contributed by atoms with Gasteiger partial charge in [-0.25, -0.2) is 0 Å². The summed E-state index contributed by atoms with van der Waals surface area (Å²) in [6, 6.07) is 0. The zero-order valence-corrected chi connectivity index (χ0v) is 10.7. The van der Waals surface area contributed by atoms with E-state index in [1.165, 1.54) is 0 Å². The number of aliphatic carboxylic acids is 1. The van der Waals surface area contributed by atoms with Crippen LogP contribution in [0, 0.1) is 11.3 Å². The number of nitrogens with one attached hydrogen (secondary N) is 1. The Morgan fingerprint density at radius 1 is 1.33 bits per heavy atom. The number of allylic oxidation sites excluding steroid dienone is 2. The van der Waals surface area contributed by atoms with Crippen LogP contribution in [0.15, 0.2) is 12.2 Å². The van der Waals surface area contributed by atoms with Crippen LogP contribution in [-0.2, 0) is 9.59 Å². The fourth-order valence-electron chi connectivity index (χ4n) is 2.96. The number of amides is 1. The predicted molar refractivity (Wildman–Crippen MR) is 68.0 cm³/mol. The van der Waals surface area contributed by atoms with Crippen molar-refractivity contribution in [3.8, 4) is 0 Å². The second-order valence-corrected chi connectivity index (χ2v) is 5.54. The molecule has 1 unspecified atom stereocenters. The Hall–Kier alpha value is -1.32. The van der Waals surface area contributed by atoms with Crippen molar-refractivity contribution in [2.24, 2.45) is 11.3 Å². The molecule has 1 saturated carbocycles. The number of carbonyl (C=O) groups excluding carboxylic acids is 1. The molecule has 100 valence electrons. The molecule has 0 aliphatic heterocycles. The first-order valence-electron chi connectivity index (χ1n) is 6.79. The highest BCUT2D eigenvalue weighted by Crippen LogP contribution is 2.37. The van der Waals surface area contributed by atoms with Crippen LogP contribution < -0.4 is 5.32 Å². The maximum Gasteiger partial charge on any atom is 0.311 e. The largest absolute Gasteiger partial charge is 0.481 e. The van der Waals surface area contributed by atoms with Crippen molar-refractivity contribution in [2.75, 3.05) is 6.54 Å². The molecule has 2 N–H and O–H groups in total. The molecule has 0 saturated heterocycles. The number of hydrogen-bond donors (Lipinski definition) is 2. The Morgan fingerprint density at radius 2 is 2.06 bits per heavy atom. The molecule has 4 nitrogen and oxygen atoms in total. The summed E-state index contributed by atoms with van der Waals surface area (Å²) in [5, 5.41) is 12.1. The minimum atomic E-state index is -0.763. The van der Waals surface area contributed by atoms with Crippen LogP contribution in [0.1, 0.15) is 44.9 Å². The summed E-state index contributed by atoms with van der Waals surface area (Å²) in [4.78, 5) is 23.1. The standard InChI is InChI=1S/C14H21NO3/c16-12(9-11-5-1-2-6-11)15-10-14(13(17)18)7-3-4-8-14/h1,5,11H,2-4,6-10H2,(H,15,16)(H,17,18). The molecule has 0 radical (unpaired) electrons. The van der Waals surface area contributed by atoms with Crippen molar-refractivity contribution in [1.29, 1.82) is 0 Å². The van der Waals surface area contributed by atoms with Crippen LogP contribution in [0.5, 0.6) is 0 Å². The van der Waals surface area contributed by atoms with Gasteiger partial charge >= 0.3 is 5.97 Å². The van der Waals surface area contributed by atoms with Gasteiger partial charge in [0.25, 0.3) is 0 Å². The van der Waals surface area contributed by atoms with Crippen LogP contribution in [0.25, 0.3) is 0 Å². The third-order valence-corrected chi connectivity index (χ3v) is 4.20. The molecule has 2 aliphatic carbocycles. The van der Waals surface area contributed by atoms with Gasteiger partial charge in [-0.15, -0.1) is 0 Å². The topological polar surface area (TPSA) is 66.4 Å². The van der Waals surface area contributed by atoms with E-state index in [4.69, 9.17) is 0 Å². The molecule has 1 atom stereocenters. The SMILES string of the molecule is O=C(CC1C=CCC1)NCC1(C(=O)O)CCCC1. The van der Waals surface area contributed by atoms with Crippen LogP contribution in [-0.4, -0.2) is 23.5 Å². The van der Waals surface area contributed by atoms with Gasteiger partial charge in [-0.2, -0.15) is 0 Å². The van der Waals surface area contributed by atoms with Crippen LogP contribution in [0.4, 0.5) is 0 Å². The second-order valence-electron chi connectivity index (χ2n) is 5.54. The van der Waals surface area contributed by atoms with E-state index in [-0.39, 0.29) is 12.5 Å². The van der Waals surface area contributed by atoms with Gasteiger partial charge in [0.1, 0.15) is 0 Å². The molecule has 0 bridgehead atoms. The molecule has 4 heteroatoms. The maximum absolute atomic E-state index is 11.8. The van der Waals surface area contributed by atoms with Crippen LogP contribution in [0.3, 0.4) is 0 Å². The van der Waals surface area contributed by atoms with Crippen LogP contribution >= 0.6 is 0 Å². The Balaban J connectivity index is 1.80. The minimum Gasteiger partial charge on any atom is -0.481 e. The molecule has 0 aromatic carbocycles. The number of hydrogen-bond acceptors (Lipinski definition) is 2. The predicted octanol–water partition coefficient (Wildman–Crippen LogP) is 2.10. The summed E-state index contributed by atoms with van der Waals surface area (Å²) in [6.07, 6.45) is 10.1. The van der Waals surface area contributed by atoms with E-state index < -0.39 is 11.4 Å². The maximum atomic E-state index is 11.8. The molecule has 1 amide bonds. The normalized spacial score (nSPS) is 25.2. The van der Waals surface area contributed by atoms with Gasteiger partial charge in [-0.05, 0) is 31.6 Å². The second kappa shape index (κ2) is 5.55. The quantitative estimate of drug-likeness (QED) is 0.735. The van der Waals surface area contributed by atoms with E-state index in [1.54, 1.807) is 0 Å². The van der Waals surface area contributed by atoms with E-state index in [9.17, 15) is 14.7 Å². The molecule has 0 aromatic heterocycles. The lowest BCUT2D eigenvalue weighted by atomic mass is 9.86. The molecule has 0 spiro atoms. The van der Waals surface area contributed by atoms with Crippen molar-refractivity contribution in [2.45, 2.75) is 44.9 Å². The smallest absolute Gasteiger partial charge is 0.311 e. The molecular weight excluding hydrogens is 230 g/mol. The van der Waals surface area contributed by atoms with Crippen LogP contribution in [0.2, 0.25) is 0 Å². The molecule has 2 aliphatic rings. The van der Waals surface area contributed by atoms with Crippen molar-refractivity contribution >= 4 is 11.9 Å². The number of carboxylic acid groups (broad SMARTS) is 1. The lowest BCUT2D eigenvalue weighted by Gasteiger charge is -2.24. The minimum absolute atomic E-state index is 0.0147. The highest BCUT2D eigenvalue weighted by Gasteiger charge is 2.41. The molecular formula is C14H21NO3. The summed E-state index contributed by atoms with van der Waals surface area (Å²) in [6.45, 7) is 0.289.